The standard InChI is InChI=1S/C11H15F2N/c1-8(3-2-6-14)10-5-4-9(12)7-11(10)13/h4-5,7-8H,2-3,6,14H2,1H3. The lowest BCUT2D eigenvalue weighted by Gasteiger charge is -2.11. The van der Waals surface area contributed by atoms with Crippen LogP contribution in [0.25, 0.3) is 0 Å². The molecule has 1 rings (SSSR count). The van der Waals surface area contributed by atoms with Gasteiger partial charge in [0.05, 0.1) is 0 Å². The summed E-state index contributed by atoms with van der Waals surface area (Å²) in [6.45, 7) is 2.53. The first-order chi connectivity index (χ1) is 6.65. The largest absolute Gasteiger partial charge is 0.330 e. The Hall–Kier alpha value is -0.960. The van der Waals surface area contributed by atoms with Crippen LogP contribution in [0.1, 0.15) is 31.2 Å². The Kier molecular flexibility index (Phi) is 4.01. The molecule has 1 unspecified atom stereocenters. The van der Waals surface area contributed by atoms with Crippen LogP contribution in [0.3, 0.4) is 0 Å². The molecule has 0 aromatic heterocycles. The van der Waals surface area contributed by atoms with Gasteiger partial charge < -0.3 is 5.73 Å². The second-order valence-electron chi connectivity index (χ2n) is 3.50. The molecule has 1 aromatic carbocycles. The highest BCUT2D eigenvalue weighted by atomic mass is 19.1. The van der Waals surface area contributed by atoms with Crippen LogP contribution in [0.15, 0.2) is 18.2 Å². The highest BCUT2D eigenvalue weighted by Crippen LogP contribution is 2.23. The van der Waals surface area contributed by atoms with Crippen LogP contribution in [0.4, 0.5) is 8.78 Å². The summed E-state index contributed by atoms with van der Waals surface area (Å²) in [4.78, 5) is 0. The zero-order chi connectivity index (χ0) is 10.6. The third-order valence-corrected chi connectivity index (χ3v) is 2.33. The summed E-state index contributed by atoms with van der Waals surface area (Å²) in [6.07, 6.45) is 1.69. The van der Waals surface area contributed by atoms with Gasteiger partial charge in [0.1, 0.15) is 11.6 Å². The van der Waals surface area contributed by atoms with Gasteiger partial charge >= 0.3 is 0 Å². The molecule has 0 heterocycles. The van der Waals surface area contributed by atoms with Crippen LogP contribution in [0, 0.1) is 11.6 Å². The van der Waals surface area contributed by atoms with E-state index in [0.717, 1.165) is 18.9 Å². The van der Waals surface area contributed by atoms with Gasteiger partial charge in [0.15, 0.2) is 0 Å². The molecule has 0 aliphatic rings. The molecule has 0 spiro atoms. The highest BCUT2D eigenvalue weighted by Gasteiger charge is 2.10. The Labute approximate surface area is 82.9 Å². The maximum absolute atomic E-state index is 13.3. The Balaban J connectivity index is 2.74. The van der Waals surface area contributed by atoms with Crippen molar-refractivity contribution >= 4 is 0 Å². The minimum atomic E-state index is -0.530. The molecule has 0 amide bonds. The number of halogens is 2. The lowest BCUT2D eigenvalue weighted by atomic mass is 9.96. The zero-order valence-corrected chi connectivity index (χ0v) is 8.26. The Bertz CT molecular complexity index is 299. The van der Waals surface area contributed by atoms with Crippen LogP contribution >= 0.6 is 0 Å². The SMILES string of the molecule is CC(CCCN)c1ccc(F)cc1F. The van der Waals surface area contributed by atoms with E-state index >= 15 is 0 Å². The molecule has 78 valence electrons. The lowest BCUT2D eigenvalue weighted by molar-refractivity contribution is 0.545. The van der Waals surface area contributed by atoms with Gasteiger partial charge in [-0.25, -0.2) is 8.78 Å². The Morgan fingerprint density at radius 2 is 2.07 bits per heavy atom. The van der Waals surface area contributed by atoms with Gasteiger partial charge in [-0.1, -0.05) is 13.0 Å². The Morgan fingerprint density at radius 3 is 2.64 bits per heavy atom. The molecule has 2 N–H and O–H groups in total. The lowest BCUT2D eigenvalue weighted by Crippen LogP contribution is -2.03. The maximum atomic E-state index is 13.3. The second-order valence-corrected chi connectivity index (χ2v) is 3.50. The molecular formula is C11H15F2N. The number of nitrogens with two attached hydrogens (primary N) is 1. The van der Waals surface area contributed by atoms with E-state index in [9.17, 15) is 8.78 Å². The van der Waals surface area contributed by atoms with Crippen molar-refractivity contribution in [3.05, 3.63) is 35.4 Å². The molecule has 1 atom stereocenters. The first kappa shape index (κ1) is 11.1. The van der Waals surface area contributed by atoms with Crippen LogP contribution in [-0.2, 0) is 0 Å². The third-order valence-electron chi connectivity index (χ3n) is 2.33. The van der Waals surface area contributed by atoms with Gasteiger partial charge in [0.2, 0.25) is 0 Å². The average Bonchev–Trinajstić information content (AvgIpc) is 2.14. The average molecular weight is 199 g/mol. The van der Waals surface area contributed by atoms with Crippen LogP contribution < -0.4 is 5.73 Å². The zero-order valence-electron chi connectivity index (χ0n) is 8.26. The molecule has 0 fully saturated rings. The van der Waals surface area contributed by atoms with Crippen molar-refractivity contribution in [3.8, 4) is 0 Å². The molecule has 0 saturated heterocycles. The molecule has 3 heteroatoms. The van der Waals surface area contributed by atoms with E-state index in [-0.39, 0.29) is 5.92 Å². The summed E-state index contributed by atoms with van der Waals surface area (Å²) in [5.41, 5.74) is 5.93. The Morgan fingerprint density at radius 1 is 1.36 bits per heavy atom. The molecular weight excluding hydrogens is 184 g/mol. The van der Waals surface area contributed by atoms with Gasteiger partial charge in [0, 0.05) is 6.07 Å². The van der Waals surface area contributed by atoms with Gasteiger partial charge in [-0.3, -0.25) is 0 Å². The first-order valence-electron chi connectivity index (χ1n) is 4.80. The third kappa shape index (κ3) is 2.77. The van der Waals surface area contributed by atoms with E-state index in [2.05, 4.69) is 0 Å². The molecule has 0 radical (unpaired) electrons. The van der Waals surface area contributed by atoms with Crippen molar-refractivity contribution in [3.63, 3.8) is 0 Å². The normalized spacial score (nSPS) is 12.9. The number of hydrogen-bond acceptors (Lipinski definition) is 1. The minimum absolute atomic E-state index is 0.0964. The monoisotopic (exact) mass is 199 g/mol. The highest BCUT2D eigenvalue weighted by molar-refractivity contribution is 5.21. The summed E-state index contributed by atoms with van der Waals surface area (Å²) in [6, 6.07) is 3.72. The molecule has 0 aliphatic carbocycles. The molecule has 1 nitrogen and oxygen atoms in total. The van der Waals surface area contributed by atoms with Crippen LogP contribution in [0.2, 0.25) is 0 Å². The second kappa shape index (κ2) is 5.05. The van der Waals surface area contributed by atoms with Crippen molar-refractivity contribution in [1.29, 1.82) is 0 Å². The summed E-state index contributed by atoms with van der Waals surface area (Å²) in [5.74, 6) is -0.897. The molecule has 0 aliphatic heterocycles. The summed E-state index contributed by atoms with van der Waals surface area (Å²) in [7, 11) is 0. The minimum Gasteiger partial charge on any atom is -0.330 e. The van der Waals surface area contributed by atoms with Crippen molar-refractivity contribution in [2.75, 3.05) is 6.54 Å². The van der Waals surface area contributed by atoms with E-state index in [0.29, 0.717) is 12.1 Å². The van der Waals surface area contributed by atoms with E-state index < -0.39 is 11.6 Å². The topological polar surface area (TPSA) is 26.0 Å². The summed E-state index contributed by atoms with van der Waals surface area (Å²) in [5, 5.41) is 0. The fourth-order valence-corrected chi connectivity index (χ4v) is 1.48. The van der Waals surface area contributed by atoms with E-state index in [1.165, 1.54) is 12.1 Å². The predicted octanol–water partition coefficient (Wildman–Crippen LogP) is 2.81. The molecule has 0 bridgehead atoms. The fraction of sp³-hybridized carbons (Fsp3) is 0.455. The molecule has 0 saturated carbocycles. The van der Waals surface area contributed by atoms with Crippen molar-refractivity contribution in [2.24, 2.45) is 5.73 Å². The number of rotatable bonds is 4. The van der Waals surface area contributed by atoms with E-state index in [1.54, 1.807) is 0 Å². The van der Waals surface area contributed by atoms with Crippen molar-refractivity contribution < 1.29 is 8.78 Å². The van der Waals surface area contributed by atoms with Gasteiger partial charge in [-0.2, -0.15) is 0 Å². The van der Waals surface area contributed by atoms with E-state index in [1.807, 2.05) is 6.92 Å². The van der Waals surface area contributed by atoms with Crippen LogP contribution in [0.5, 0.6) is 0 Å². The fourth-order valence-electron chi connectivity index (χ4n) is 1.48. The quantitative estimate of drug-likeness (QED) is 0.792. The van der Waals surface area contributed by atoms with Crippen molar-refractivity contribution in [2.45, 2.75) is 25.7 Å². The summed E-state index contributed by atoms with van der Waals surface area (Å²) < 4.78 is 25.9. The maximum Gasteiger partial charge on any atom is 0.129 e. The molecule has 14 heavy (non-hydrogen) atoms. The van der Waals surface area contributed by atoms with Gasteiger partial charge in [0.25, 0.3) is 0 Å². The number of hydrogen-bond donors (Lipinski definition) is 1. The first-order valence-corrected chi connectivity index (χ1v) is 4.80. The van der Waals surface area contributed by atoms with Crippen LogP contribution in [-0.4, -0.2) is 6.54 Å². The van der Waals surface area contributed by atoms with Gasteiger partial charge in [-0.05, 0) is 36.9 Å². The van der Waals surface area contributed by atoms with E-state index in [4.69, 9.17) is 5.73 Å². The summed E-state index contributed by atoms with van der Waals surface area (Å²) >= 11 is 0. The predicted molar refractivity (Wildman–Crippen MR) is 53.1 cm³/mol. The van der Waals surface area contributed by atoms with Gasteiger partial charge in [-0.15, -0.1) is 0 Å². The molecule has 1 aromatic rings. The van der Waals surface area contributed by atoms with Crippen molar-refractivity contribution in [1.82, 2.24) is 0 Å². The number of benzene rings is 1. The smallest absolute Gasteiger partial charge is 0.129 e.